The van der Waals surface area contributed by atoms with E-state index in [9.17, 15) is 23.2 Å². The van der Waals surface area contributed by atoms with Gasteiger partial charge in [-0.1, -0.05) is 29.8 Å². The molecule has 2 atom stereocenters. The highest BCUT2D eigenvalue weighted by Crippen LogP contribution is 2.28. The molecular formula is C29H27ClF2N6O4. The molecule has 2 amide bonds. The van der Waals surface area contributed by atoms with E-state index in [0.29, 0.717) is 16.7 Å². The Hall–Kier alpha value is -4.45. The fraction of sp³-hybridized carbons (Fsp3) is 0.310. The lowest BCUT2D eigenvalue weighted by Crippen LogP contribution is -2.41. The number of amides is 2. The molecule has 5 rings (SSSR count). The van der Waals surface area contributed by atoms with Gasteiger partial charge < -0.3 is 15.0 Å². The number of carbonyl (C=O) groups excluding carboxylic acids is 3. The molecule has 0 radical (unpaired) electrons. The lowest BCUT2D eigenvalue weighted by molar-refractivity contribution is -0.133. The van der Waals surface area contributed by atoms with Gasteiger partial charge in [-0.2, -0.15) is 5.10 Å². The van der Waals surface area contributed by atoms with Gasteiger partial charge in [0.15, 0.2) is 5.78 Å². The average Bonchev–Trinajstić information content (AvgIpc) is 3.52. The summed E-state index contributed by atoms with van der Waals surface area (Å²) in [5.41, 5.74) is 2.48. The second-order valence-corrected chi connectivity index (χ2v) is 10.4. The minimum atomic E-state index is -1.30. The third kappa shape index (κ3) is 6.23. The van der Waals surface area contributed by atoms with Crippen molar-refractivity contribution in [3.63, 3.8) is 0 Å². The zero-order valence-electron chi connectivity index (χ0n) is 22.8. The molecule has 0 saturated carbocycles. The van der Waals surface area contributed by atoms with Gasteiger partial charge in [-0.15, -0.1) is 0 Å². The molecule has 13 heteroatoms. The number of alkyl halides is 1. The highest BCUT2D eigenvalue weighted by atomic mass is 35.5. The van der Waals surface area contributed by atoms with Gasteiger partial charge in [-0.25, -0.2) is 23.5 Å². The summed E-state index contributed by atoms with van der Waals surface area (Å²) in [6.07, 6.45) is 1.21. The maximum Gasteiger partial charge on any atom is 0.407 e. The van der Waals surface area contributed by atoms with E-state index in [-0.39, 0.29) is 54.7 Å². The van der Waals surface area contributed by atoms with Gasteiger partial charge in [0.1, 0.15) is 36.7 Å². The number of hydrogen-bond acceptors (Lipinski definition) is 7. The number of aromatic nitrogens is 4. The van der Waals surface area contributed by atoms with Gasteiger partial charge in [0, 0.05) is 48.8 Å². The Morgan fingerprint density at radius 1 is 1.14 bits per heavy atom. The Balaban J connectivity index is 1.27. The summed E-state index contributed by atoms with van der Waals surface area (Å²) in [7, 11) is 0. The van der Waals surface area contributed by atoms with E-state index >= 15 is 0 Å². The fourth-order valence-corrected chi connectivity index (χ4v) is 5.09. The molecule has 42 heavy (non-hydrogen) atoms. The molecule has 1 N–H and O–H groups in total. The second-order valence-electron chi connectivity index (χ2n) is 10.0. The first-order valence-corrected chi connectivity index (χ1v) is 13.6. The number of halogens is 3. The first-order valence-electron chi connectivity index (χ1n) is 13.2. The zero-order chi connectivity index (χ0) is 30.0. The highest BCUT2D eigenvalue weighted by molar-refractivity contribution is 6.30. The lowest BCUT2D eigenvalue weighted by Gasteiger charge is -2.24. The second kappa shape index (κ2) is 12.2. The van der Waals surface area contributed by atoms with Gasteiger partial charge >= 0.3 is 6.09 Å². The maximum absolute atomic E-state index is 14.4. The van der Waals surface area contributed by atoms with Crippen molar-refractivity contribution in [1.29, 1.82) is 0 Å². The van der Waals surface area contributed by atoms with Gasteiger partial charge in [-0.3, -0.25) is 14.3 Å². The van der Waals surface area contributed by atoms with Crippen molar-refractivity contribution in [3.05, 3.63) is 76.7 Å². The molecule has 0 spiro atoms. The van der Waals surface area contributed by atoms with Crippen LogP contribution in [0.4, 0.5) is 13.6 Å². The Bertz CT molecular complexity index is 1660. The summed E-state index contributed by atoms with van der Waals surface area (Å²) in [6.45, 7) is 2.34. The molecule has 4 aromatic rings. The highest BCUT2D eigenvalue weighted by Gasteiger charge is 2.36. The Labute approximate surface area is 244 Å². The van der Waals surface area contributed by atoms with Crippen LogP contribution in [-0.2, 0) is 22.6 Å². The molecule has 10 nitrogen and oxygen atoms in total. The van der Waals surface area contributed by atoms with Crippen LogP contribution in [0, 0.1) is 12.7 Å². The van der Waals surface area contributed by atoms with Crippen LogP contribution in [0.5, 0.6) is 0 Å². The van der Waals surface area contributed by atoms with E-state index in [1.165, 1.54) is 28.6 Å². The van der Waals surface area contributed by atoms with Crippen molar-refractivity contribution in [2.24, 2.45) is 0 Å². The third-order valence-corrected chi connectivity index (χ3v) is 7.32. The smallest absolute Gasteiger partial charge is 0.407 e. The van der Waals surface area contributed by atoms with Crippen molar-refractivity contribution in [1.82, 2.24) is 30.0 Å². The zero-order valence-corrected chi connectivity index (χ0v) is 23.6. The third-order valence-electron chi connectivity index (χ3n) is 7.03. The van der Waals surface area contributed by atoms with E-state index < -0.39 is 30.0 Å². The first-order chi connectivity index (χ1) is 20.1. The lowest BCUT2D eigenvalue weighted by atomic mass is 10.0. The largest absolute Gasteiger partial charge is 0.447 e. The number of carbonyl (C=O) groups is 3. The number of Topliss-reactive ketones (excluding diaryl/α,β-unsaturated/α-hetero) is 1. The predicted octanol–water partition coefficient (Wildman–Crippen LogP) is 4.66. The van der Waals surface area contributed by atoms with E-state index in [1.54, 1.807) is 37.5 Å². The standard InChI is InChI=1S/C29H27ClF2N6O4/c1-16(39)28-23-8-18(20-11-33-17(2)34-12-20)6-7-25(23)38(36-28)14-26(40)37-13-21(31)9-22(37)15-42-29(41)35-10-19-4-3-5-24(30)27(19)32/h3-8,11-12,21-22H,9-10,13-15H2,1-2H3,(H,35,41)/t21-,22+/m1/s1. The molecule has 1 saturated heterocycles. The molecule has 218 valence electrons. The molecule has 1 aliphatic heterocycles. The van der Waals surface area contributed by atoms with Crippen LogP contribution in [0.2, 0.25) is 5.02 Å². The van der Waals surface area contributed by atoms with Gasteiger partial charge in [0.25, 0.3) is 0 Å². The molecule has 1 fully saturated rings. The quantitative estimate of drug-likeness (QED) is 0.294. The van der Waals surface area contributed by atoms with Crippen molar-refractivity contribution in [2.45, 2.75) is 45.6 Å². The van der Waals surface area contributed by atoms with E-state index in [2.05, 4.69) is 20.4 Å². The number of rotatable bonds is 8. The molecular weight excluding hydrogens is 570 g/mol. The summed E-state index contributed by atoms with van der Waals surface area (Å²) in [5.74, 6) is -0.735. The normalized spacial score (nSPS) is 16.5. The number of ether oxygens (including phenoxy) is 1. The van der Waals surface area contributed by atoms with Crippen LogP contribution < -0.4 is 5.32 Å². The van der Waals surface area contributed by atoms with Crippen molar-refractivity contribution in [3.8, 4) is 11.1 Å². The van der Waals surface area contributed by atoms with Crippen LogP contribution in [0.15, 0.2) is 48.8 Å². The fourth-order valence-electron chi connectivity index (χ4n) is 4.90. The monoisotopic (exact) mass is 596 g/mol. The topological polar surface area (TPSA) is 119 Å². The number of nitrogens with one attached hydrogen (secondary N) is 1. The number of fused-ring (bicyclic) bond motifs is 1. The number of benzene rings is 2. The van der Waals surface area contributed by atoms with Crippen LogP contribution in [0.25, 0.3) is 22.0 Å². The number of likely N-dealkylation sites (tertiary alicyclic amines) is 1. The molecule has 0 bridgehead atoms. The van der Waals surface area contributed by atoms with Crippen molar-refractivity contribution in [2.75, 3.05) is 13.2 Å². The Morgan fingerprint density at radius 3 is 2.64 bits per heavy atom. The van der Waals surface area contributed by atoms with Crippen molar-refractivity contribution >= 4 is 40.3 Å². The summed E-state index contributed by atoms with van der Waals surface area (Å²) < 4.78 is 35.1. The van der Waals surface area contributed by atoms with Crippen LogP contribution >= 0.6 is 11.6 Å². The number of aryl methyl sites for hydroxylation is 1. The molecule has 0 aliphatic carbocycles. The Morgan fingerprint density at radius 2 is 1.90 bits per heavy atom. The summed E-state index contributed by atoms with van der Waals surface area (Å²) in [5, 5.41) is 7.31. The van der Waals surface area contributed by atoms with E-state index in [4.69, 9.17) is 16.3 Å². The SMILES string of the molecule is CC(=O)c1nn(CC(=O)N2C[C@H](F)C[C@H]2COC(=O)NCc2cccc(Cl)c2F)c2ccc(-c3cnc(C)nc3)cc12. The van der Waals surface area contributed by atoms with Crippen LogP contribution in [0.1, 0.15) is 35.2 Å². The van der Waals surface area contributed by atoms with Gasteiger partial charge in [0.2, 0.25) is 5.91 Å². The molecule has 2 aromatic heterocycles. The molecule has 1 aliphatic rings. The minimum absolute atomic E-state index is 0.0114. The summed E-state index contributed by atoms with van der Waals surface area (Å²) in [4.78, 5) is 47.7. The minimum Gasteiger partial charge on any atom is -0.447 e. The number of ketones is 1. The summed E-state index contributed by atoms with van der Waals surface area (Å²) in [6, 6.07) is 9.09. The maximum atomic E-state index is 14.4. The molecule has 2 aromatic carbocycles. The average molecular weight is 597 g/mol. The Kier molecular flexibility index (Phi) is 8.44. The number of alkyl carbamates (subject to hydrolysis) is 1. The number of hydrogen-bond donors (Lipinski definition) is 1. The van der Waals surface area contributed by atoms with E-state index in [1.807, 2.05) is 6.07 Å². The first kappa shape index (κ1) is 29.1. The van der Waals surface area contributed by atoms with Gasteiger partial charge in [-0.05, 0) is 30.7 Å². The predicted molar refractivity (Wildman–Crippen MR) is 150 cm³/mol. The summed E-state index contributed by atoms with van der Waals surface area (Å²) >= 11 is 5.76. The van der Waals surface area contributed by atoms with Crippen LogP contribution in [-0.4, -0.2) is 67.8 Å². The van der Waals surface area contributed by atoms with Crippen LogP contribution in [0.3, 0.4) is 0 Å². The molecule has 0 unspecified atom stereocenters. The van der Waals surface area contributed by atoms with Gasteiger partial charge in [0.05, 0.1) is 23.1 Å². The number of nitrogens with zero attached hydrogens (tertiary/aromatic N) is 5. The van der Waals surface area contributed by atoms with E-state index in [0.717, 1.165) is 11.1 Å². The van der Waals surface area contributed by atoms with Crippen molar-refractivity contribution < 1.29 is 27.9 Å². The molecule has 3 heterocycles.